The molecule has 0 radical (unpaired) electrons. The van der Waals surface area contributed by atoms with Crippen LogP contribution >= 0.6 is 0 Å². The minimum absolute atomic E-state index is 0. The molecular weight excluding hydrogens is 272 g/mol. The Morgan fingerprint density at radius 2 is 1.38 bits per heavy atom. The number of hydrogen-bond donors (Lipinski definition) is 4. The molecule has 0 unspecified atom stereocenters. The Balaban J connectivity index is 0. The molecule has 6 nitrogen and oxygen atoms in total. The number of aliphatic hydroxyl groups is 1. The molecule has 0 saturated carbocycles. The predicted octanol–water partition coefficient (Wildman–Crippen LogP) is 1.18. The van der Waals surface area contributed by atoms with E-state index in [-0.39, 0.29) is 39.3 Å². The standard InChI is InChI=1S/C7H13NO2.C6H11NO2.2CH4/c9-5-7(10)6-3-1-2-4-8-6;8-6(9)5-3-1-2-4-7-5;;/h6,8-9H,1-5H2;5,7H,1-4H2,(H,8,9);2*1H4/t6-;5-;;/m11../s1. The SMILES string of the molecule is C.C.O=C(CO)[C@H]1CCCCN1.O=C(O)[C@H]1CCCCN1. The summed E-state index contributed by atoms with van der Waals surface area (Å²) in [7, 11) is 0. The molecule has 2 rings (SSSR count). The van der Waals surface area contributed by atoms with E-state index in [1.165, 1.54) is 0 Å². The Morgan fingerprint density at radius 1 is 0.905 bits per heavy atom. The van der Waals surface area contributed by atoms with Crippen LogP contribution in [-0.2, 0) is 9.59 Å². The Bertz CT molecular complexity index is 285. The molecule has 126 valence electrons. The summed E-state index contributed by atoms with van der Waals surface area (Å²) >= 11 is 0. The van der Waals surface area contributed by atoms with Crippen molar-refractivity contribution in [1.82, 2.24) is 10.6 Å². The number of carboxylic acids is 1. The van der Waals surface area contributed by atoms with E-state index in [1.807, 2.05) is 0 Å². The van der Waals surface area contributed by atoms with E-state index in [4.69, 9.17) is 10.2 Å². The minimum atomic E-state index is -0.713. The molecule has 2 aliphatic heterocycles. The second kappa shape index (κ2) is 12.7. The maximum Gasteiger partial charge on any atom is 0.320 e. The van der Waals surface area contributed by atoms with Crippen molar-refractivity contribution in [2.24, 2.45) is 0 Å². The number of carboxylic acid groups (broad SMARTS) is 1. The van der Waals surface area contributed by atoms with E-state index in [0.717, 1.165) is 51.6 Å². The highest BCUT2D eigenvalue weighted by molar-refractivity contribution is 5.84. The van der Waals surface area contributed by atoms with Crippen molar-refractivity contribution in [3.8, 4) is 0 Å². The highest BCUT2D eigenvalue weighted by Gasteiger charge is 2.19. The molecule has 4 N–H and O–H groups in total. The average molecular weight is 304 g/mol. The summed E-state index contributed by atoms with van der Waals surface area (Å²) in [5.74, 6) is -0.783. The quantitative estimate of drug-likeness (QED) is 0.625. The monoisotopic (exact) mass is 304 g/mol. The number of piperidine rings is 2. The Kier molecular flexibility index (Phi) is 13.5. The van der Waals surface area contributed by atoms with Gasteiger partial charge >= 0.3 is 5.97 Å². The maximum absolute atomic E-state index is 10.9. The molecule has 6 heteroatoms. The zero-order chi connectivity index (χ0) is 14.1. The first-order valence-electron chi connectivity index (χ1n) is 6.98. The summed E-state index contributed by atoms with van der Waals surface area (Å²) < 4.78 is 0. The molecule has 0 spiro atoms. The number of ketones is 1. The number of aliphatic carboxylic acids is 1. The van der Waals surface area contributed by atoms with Gasteiger partial charge in [0.2, 0.25) is 0 Å². The van der Waals surface area contributed by atoms with Gasteiger partial charge in [-0.3, -0.25) is 9.59 Å². The normalized spacial score (nSPS) is 24.4. The summed E-state index contributed by atoms with van der Waals surface area (Å²) in [6.45, 7) is 1.45. The lowest BCUT2D eigenvalue weighted by Crippen LogP contribution is -2.41. The van der Waals surface area contributed by atoms with Crippen molar-refractivity contribution in [1.29, 1.82) is 0 Å². The largest absolute Gasteiger partial charge is 0.480 e. The number of rotatable bonds is 3. The number of carbonyl (C=O) groups excluding carboxylic acids is 1. The van der Waals surface area contributed by atoms with Gasteiger partial charge in [-0.1, -0.05) is 27.7 Å². The molecule has 0 aromatic heterocycles. The molecule has 2 atom stereocenters. The van der Waals surface area contributed by atoms with E-state index >= 15 is 0 Å². The van der Waals surface area contributed by atoms with Crippen LogP contribution < -0.4 is 10.6 Å². The third-order valence-corrected chi connectivity index (χ3v) is 3.46. The third kappa shape index (κ3) is 8.80. The van der Waals surface area contributed by atoms with Crippen LogP contribution in [0.3, 0.4) is 0 Å². The van der Waals surface area contributed by atoms with Crippen LogP contribution in [0.1, 0.15) is 53.4 Å². The summed E-state index contributed by atoms with van der Waals surface area (Å²) in [6.07, 6.45) is 6.08. The fourth-order valence-electron chi connectivity index (χ4n) is 2.30. The summed E-state index contributed by atoms with van der Waals surface area (Å²) in [5.41, 5.74) is 0. The molecule has 0 aliphatic carbocycles. The Morgan fingerprint density at radius 3 is 1.67 bits per heavy atom. The van der Waals surface area contributed by atoms with Gasteiger partial charge in [0.25, 0.3) is 0 Å². The summed E-state index contributed by atoms with van der Waals surface area (Å²) in [5, 5.41) is 23.0. The van der Waals surface area contributed by atoms with Crippen molar-refractivity contribution in [2.45, 2.75) is 65.5 Å². The fourth-order valence-corrected chi connectivity index (χ4v) is 2.30. The fraction of sp³-hybridized carbons (Fsp3) is 0.867. The minimum Gasteiger partial charge on any atom is -0.480 e. The topological polar surface area (TPSA) is 98.7 Å². The van der Waals surface area contributed by atoms with Gasteiger partial charge in [-0.05, 0) is 38.8 Å². The molecular formula is C15H32N2O4. The van der Waals surface area contributed by atoms with Crippen LogP contribution in [0.4, 0.5) is 0 Å². The molecule has 0 aromatic carbocycles. The molecule has 0 aromatic rings. The van der Waals surface area contributed by atoms with Crippen molar-refractivity contribution in [3.05, 3.63) is 0 Å². The molecule has 0 amide bonds. The molecule has 0 bridgehead atoms. The maximum atomic E-state index is 10.9. The summed E-state index contributed by atoms with van der Waals surface area (Å²) in [6, 6.07) is -0.350. The van der Waals surface area contributed by atoms with Crippen LogP contribution in [0.25, 0.3) is 0 Å². The van der Waals surface area contributed by atoms with Crippen LogP contribution in [0.2, 0.25) is 0 Å². The van der Waals surface area contributed by atoms with Gasteiger partial charge in [-0.15, -0.1) is 0 Å². The van der Waals surface area contributed by atoms with Gasteiger partial charge in [0.05, 0.1) is 6.04 Å². The molecule has 2 heterocycles. The van der Waals surface area contributed by atoms with Crippen molar-refractivity contribution >= 4 is 11.8 Å². The highest BCUT2D eigenvalue weighted by atomic mass is 16.4. The smallest absolute Gasteiger partial charge is 0.320 e. The van der Waals surface area contributed by atoms with Crippen LogP contribution in [-0.4, -0.2) is 53.7 Å². The first-order chi connectivity index (χ1) is 9.15. The number of carbonyl (C=O) groups is 2. The van der Waals surface area contributed by atoms with E-state index in [9.17, 15) is 9.59 Å². The number of nitrogens with one attached hydrogen (secondary N) is 2. The van der Waals surface area contributed by atoms with E-state index in [1.54, 1.807) is 0 Å². The molecule has 2 saturated heterocycles. The van der Waals surface area contributed by atoms with Crippen LogP contribution in [0, 0.1) is 0 Å². The lowest BCUT2D eigenvalue weighted by molar-refractivity contribution is -0.140. The molecule has 2 aliphatic rings. The number of aliphatic hydroxyl groups excluding tert-OH is 1. The predicted molar refractivity (Wildman–Crippen MR) is 84.5 cm³/mol. The third-order valence-electron chi connectivity index (χ3n) is 3.46. The summed E-state index contributed by atoms with van der Waals surface area (Å²) in [4.78, 5) is 21.1. The van der Waals surface area contributed by atoms with Crippen molar-refractivity contribution < 1.29 is 19.8 Å². The zero-order valence-corrected chi connectivity index (χ0v) is 11.2. The van der Waals surface area contributed by atoms with Crippen LogP contribution in [0.5, 0.6) is 0 Å². The van der Waals surface area contributed by atoms with Gasteiger partial charge in [0, 0.05) is 0 Å². The van der Waals surface area contributed by atoms with E-state index < -0.39 is 5.97 Å². The van der Waals surface area contributed by atoms with Gasteiger partial charge in [0.15, 0.2) is 5.78 Å². The Hall–Kier alpha value is -0.980. The molecule has 2 fully saturated rings. The zero-order valence-electron chi connectivity index (χ0n) is 11.2. The first kappa shape index (κ1) is 22.3. The van der Waals surface area contributed by atoms with Gasteiger partial charge in [-0.25, -0.2) is 0 Å². The van der Waals surface area contributed by atoms with Crippen molar-refractivity contribution in [3.63, 3.8) is 0 Å². The lowest BCUT2D eigenvalue weighted by atomic mass is 10.0. The lowest BCUT2D eigenvalue weighted by Gasteiger charge is -2.20. The van der Waals surface area contributed by atoms with Crippen molar-refractivity contribution in [2.75, 3.05) is 19.7 Å². The molecule has 21 heavy (non-hydrogen) atoms. The average Bonchev–Trinajstić information content (AvgIpc) is 2.49. The van der Waals surface area contributed by atoms with Gasteiger partial charge in [0.1, 0.15) is 12.6 Å². The second-order valence-electron chi connectivity index (χ2n) is 4.97. The van der Waals surface area contributed by atoms with Crippen LogP contribution in [0.15, 0.2) is 0 Å². The Labute approximate surface area is 128 Å². The van der Waals surface area contributed by atoms with E-state index in [2.05, 4.69) is 10.6 Å². The second-order valence-corrected chi connectivity index (χ2v) is 4.97. The van der Waals surface area contributed by atoms with E-state index in [0.29, 0.717) is 0 Å². The van der Waals surface area contributed by atoms with Gasteiger partial charge in [-0.2, -0.15) is 0 Å². The first-order valence-corrected chi connectivity index (χ1v) is 6.98. The highest BCUT2D eigenvalue weighted by Crippen LogP contribution is 2.07. The van der Waals surface area contributed by atoms with Gasteiger partial charge < -0.3 is 20.8 Å². The number of Topliss-reactive ketones (excluding diaryl/α,β-unsaturated/α-hetero) is 1. The number of hydrogen-bond acceptors (Lipinski definition) is 5.